The summed E-state index contributed by atoms with van der Waals surface area (Å²) in [5.41, 5.74) is 3.55. The molecule has 0 amide bonds. The summed E-state index contributed by atoms with van der Waals surface area (Å²) in [6, 6.07) is 7.26. The van der Waals surface area contributed by atoms with Gasteiger partial charge in [0.05, 0.1) is 13.2 Å². The van der Waals surface area contributed by atoms with Crippen LogP contribution in [-0.4, -0.2) is 13.2 Å². The molecule has 3 rings (SSSR count). The van der Waals surface area contributed by atoms with Crippen molar-refractivity contribution >= 4 is 11.0 Å². The lowest BCUT2D eigenvalue weighted by Crippen LogP contribution is -2.15. The fourth-order valence-corrected chi connectivity index (χ4v) is 2.73. The third kappa shape index (κ3) is 3.14. The van der Waals surface area contributed by atoms with Gasteiger partial charge in [-0.15, -0.1) is 0 Å². The van der Waals surface area contributed by atoms with Crippen molar-refractivity contribution < 1.29 is 9.15 Å². The first-order valence-corrected chi connectivity index (χ1v) is 7.99. The van der Waals surface area contributed by atoms with Crippen LogP contribution in [0.25, 0.3) is 11.0 Å². The van der Waals surface area contributed by atoms with Gasteiger partial charge in [-0.2, -0.15) is 0 Å². The lowest BCUT2D eigenvalue weighted by molar-refractivity contribution is 0.183. The average molecular weight is 287 g/mol. The average Bonchev–Trinajstić information content (AvgIpc) is 3.27. The fraction of sp³-hybridized carbons (Fsp3) is 0.556. The summed E-state index contributed by atoms with van der Waals surface area (Å²) >= 11 is 0. The van der Waals surface area contributed by atoms with Crippen molar-refractivity contribution in [2.45, 2.75) is 58.2 Å². The summed E-state index contributed by atoms with van der Waals surface area (Å²) in [6.45, 7) is 5.91. The predicted octanol–water partition coefficient (Wildman–Crippen LogP) is 4.34. The fourth-order valence-electron chi connectivity index (χ4n) is 2.73. The first-order chi connectivity index (χ1) is 10.2. The Morgan fingerprint density at radius 3 is 2.86 bits per heavy atom. The van der Waals surface area contributed by atoms with E-state index < -0.39 is 0 Å². The van der Waals surface area contributed by atoms with E-state index >= 15 is 0 Å². The molecule has 1 fully saturated rings. The van der Waals surface area contributed by atoms with E-state index in [1.165, 1.54) is 29.4 Å². The van der Waals surface area contributed by atoms with Crippen LogP contribution in [-0.2, 0) is 17.9 Å². The van der Waals surface area contributed by atoms with E-state index in [4.69, 9.17) is 9.15 Å². The highest BCUT2D eigenvalue weighted by molar-refractivity contribution is 5.83. The lowest BCUT2D eigenvalue weighted by atomic mass is 9.96. The number of furan rings is 1. The van der Waals surface area contributed by atoms with Gasteiger partial charge in [-0.1, -0.05) is 19.9 Å². The minimum atomic E-state index is 0.577. The van der Waals surface area contributed by atoms with Gasteiger partial charge in [0.15, 0.2) is 0 Å². The Balaban J connectivity index is 1.95. The molecule has 2 aromatic rings. The van der Waals surface area contributed by atoms with Crippen molar-refractivity contribution in [3.8, 4) is 0 Å². The molecule has 3 heteroatoms. The lowest BCUT2D eigenvalue weighted by Gasteiger charge is -2.09. The maximum absolute atomic E-state index is 6.06. The molecule has 0 aliphatic heterocycles. The molecular weight excluding hydrogens is 262 g/mol. The Hall–Kier alpha value is -1.32. The zero-order chi connectivity index (χ0) is 14.8. The van der Waals surface area contributed by atoms with Gasteiger partial charge in [-0.25, -0.2) is 0 Å². The summed E-state index contributed by atoms with van der Waals surface area (Å²) in [4.78, 5) is 0. The van der Waals surface area contributed by atoms with Gasteiger partial charge in [0.1, 0.15) is 11.3 Å². The molecule has 1 aliphatic carbocycles. The monoisotopic (exact) mass is 287 g/mol. The van der Waals surface area contributed by atoms with Crippen molar-refractivity contribution in [3.05, 3.63) is 35.1 Å². The standard InChI is InChI=1S/C18H25NO2/c1-4-12(2)13-5-8-17-15(9-13)16(11-20-3)18(21-17)10-19-14-6-7-14/h5,8-9,12,14,19H,4,6-7,10-11H2,1-3H3. The van der Waals surface area contributed by atoms with E-state index in [0.29, 0.717) is 18.6 Å². The van der Waals surface area contributed by atoms with Crippen molar-refractivity contribution in [1.82, 2.24) is 5.32 Å². The van der Waals surface area contributed by atoms with E-state index in [1.54, 1.807) is 7.11 Å². The number of fused-ring (bicyclic) bond motifs is 1. The second-order valence-corrected chi connectivity index (χ2v) is 6.16. The number of hydrogen-bond donors (Lipinski definition) is 1. The van der Waals surface area contributed by atoms with E-state index in [2.05, 4.69) is 37.4 Å². The highest BCUT2D eigenvalue weighted by Gasteiger charge is 2.22. The van der Waals surface area contributed by atoms with Crippen LogP contribution >= 0.6 is 0 Å². The number of ether oxygens (including phenoxy) is 1. The van der Waals surface area contributed by atoms with Gasteiger partial charge in [0.25, 0.3) is 0 Å². The molecule has 3 nitrogen and oxygen atoms in total. The quantitative estimate of drug-likeness (QED) is 0.822. The molecule has 114 valence electrons. The van der Waals surface area contributed by atoms with E-state index in [9.17, 15) is 0 Å². The summed E-state index contributed by atoms with van der Waals surface area (Å²) < 4.78 is 11.5. The highest BCUT2D eigenvalue weighted by atomic mass is 16.5. The molecule has 1 aromatic heterocycles. The van der Waals surface area contributed by atoms with Crippen molar-refractivity contribution in [1.29, 1.82) is 0 Å². The van der Waals surface area contributed by atoms with Gasteiger partial charge < -0.3 is 14.5 Å². The third-order valence-electron chi connectivity index (χ3n) is 4.50. The minimum absolute atomic E-state index is 0.577. The van der Waals surface area contributed by atoms with Gasteiger partial charge in [-0.3, -0.25) is 0 Å². The largest absolute Gasteiger partial charge is 0.459 e. The van der Waals surface area contributed by atoms with Gasteiger partial charge in [0.2, 0.25) is 0 Å². The van der Waals surface area contributed by atoms with Crippen LogP contribution in [0.15, 0.2) is 22.6 Å². The van der Waals surface area contributed by atoms with Crippen LogP contribution in [0, 0.1) is 0 Å². The van der Waals surface area contributed by atoms with Gasteiger partial charge >= 0.3 is 0 Å². The summed E-state index contributed by atoms with van der Waals surface area (Å²) in [7, 11) is 1.75. The second-order valence-electron chi connectivity index (χ2n) is 6.16. The molecule has 1 saturated carbocycles. The molecule has 1 aliphatic rings. The number of benzene rings is 1. The third-order valence-corrected chi connectivity index (χ3v) is 4.50. The Labute approximate surface area is 126 Å². The zero-order valence-electron chi connectivity index (χ0n) is 13.2. The van der Waals surface area contributed by atoms with Crippen LogP contribution < -0.4 is 5.32 Å². The van der Waals surface area contributed by atoms with Crippen LogP contribution in [0.5, 0.6) is 0 Å². The Kier molecular flexibility index (Phi) is 4.32. The molecular formula is C18H25NO2. The molecule has 0 saturated heterocycles. The summed E-state index contributed by atoms with van der Waals surface area (Å²) in [6.07, 6.45) is 3.73. The SMILES string of the molecule is CCC(C)c1ccc2oc(CNC3CC3)c(COC)c2c1. The first kappa shape index (κ1) is 14.6. The molecule has 1 atom stereocenters. The number of methoxy groups -OCH3 is 1. The molecule has 0 bridgehead atoms. The molecule has 1 N–H and O–H groups in total. The van der Waals surface area contributed by atoms with E-state index in [1.807, 2.05) is 0 Å². The predicted molar refractivity (Wildman–Crippen MR) is 85.5 cm³/mol. The summed E-state index contributed by atoms with van der Waals surface area (Å²) in [5.74, 6) is 1.60. The first-order valence-electron chi connectivity index (χ1n) is 7.99. The van der Waals surface area contributed by atoms with E-state index in [0.717, 1.165) is 24.3 Å². The molecule has 0 spiro atoms. The van der Waals surface area contributed by atoms with Crippen LogP contribution in [0.1, 0.15) is 55.9 Å². The molecule has 1 unspecified atom stereocenters. The highest BCUT2D eigenvalue weighted by Crippen LogP contribution is 2.31. The van der Waals surface area contributed by atoms with Crippen LogP contribution in [0.4, 0.5) is 0 Å². The minimum Gasteiger partial charge on any atom is -0.459 e. The Bertz CT molecular complexity index is 613. The second kappa shape index (κ2) is 6.20. The van der Waals surface area contributed by atoms with Crippen molar-refractivity contribution in [2.24, 2.45) is 0 Å². The maximum atomic E-state index is 6.06. The van der Waals surface area contributed by atoms with Crippen molar-refractivity contribution in [2.75, 3.05) is 7.11 Å². The van der Waals surface area contributed by atoms with Crippen molar-refractivity contribution in [3.63, 3.8) is 0 Å². The Morgan fingerprint density at radius 1 is 1.38 bits per heavy atom. The van der Waals surface area contributed by atoms with Crippen LogP contribution in [0.3, 0.4) is 0 Å². The zero-order valence-corrected chi connectivity index (χ0v) is 13.2. The van der Waals surface area contributed by atoms with Gasteiger partial charge in [-0.05, 0) is 42.9 Å². The summed E-state index contributed by atoms with van der Waals surface area (Å²) in [5, 5.41) is 4.74. The van der Waals surface area contributed by atoms with Crippen LogP contribution in [0.2, 0.25) is 0 Å². The number of nitrogens with one attached hydrogen (secondary N) is 1. The van der Waals surface area contributed by atoms with E-state index in [-0.39, 0.29) is 0 Å². The molecule has 21 heavy (non-hydrogen) atoms. The van der Waals surface area contributed by atoms with Gasteiger partial charge in [0, 0.05) is 24.1 Å². The number of rotatable bonds is 7. The molecule has 0 radical (unpaired) electrons. The topological polar surface area (TPSA) is 34.4 Å². The maximum Gasteiger partial charge on any atom is 0.134 e. The Morgan fingerprint density at radius 2 is 2.19 bits per heavy atom. The normalized spacial score (nSPS) is 16.5. The molecule has 1 heterocycles. The number of hydrogen-bond acceptors (Lipinski definition) is 3. The smallest absolute Gasteiger partial charge is 0.134 e. The molecule has 1 aromatic carbocycles.